The first-order valence-electron chi connectivity index (χ1n) is 9.25. The van der Waals surface area contributed by atoms with Crippen molar-refractivity contribution in [3.8, 4) is 17.3 Å². The summed E-state index contributed by atoms with van der Waals surface area (Å²) in [5.74, 6) is -1.46. The van der Waals surface area contributed by atoms with Gasteiger partial charge in [0.25, 0.3) is 5.91 Å². The second kappa shape index (κ2) is 8.45. The molecule has 3 heterocycles. The van der Waals surface area contributed by atoms with Crippen molar-refractivity contribution in [3.05, 3.63) is 63.3 Å². The molecule has 0 radical (unpaired) electrons. The van der Waals surface area contributed by atoms with Crippen molar-refractivity contribution >= 4 is 40.8 Å². The van der Waals surface area contributed by atoms with Gasteiger partial charge in [0.1, 0.15) is 22.7 Å². The molecular weight excluding hydrogens is 460 g/mol. The summed E-state index contributed by atoms with van der Waals surface area (Å²) in [4.78, 5) is 30.4. The van der Waals surface area contributed by atoms with Gasteiger partial charge >= 0.3 is 6.03 Å². The van der Waals surface area contributed by atoms with Gasteiger partial charge in [0.2, 0.25) is 0 Å². The molecule has 0 aliphatic carbocycles. The number of pyridine rings is 1. The highest BCUT2D eigenvalue weighted by atomic mass is 35.5. The Morgan fingerprint density at radius 3 is 2.69 bits per heavy atom. The third-order valence-corrected chi connectivity index (χ3v) is 5.61. The molecule has 3 aromatic rings. The van der Waals surface area contributed by atoms with Crippen molar-refractivity contribution < 1.29 is 14.0 Å². The van der Waals surface area contributed by atoms with Crippen LogP contribution in [0.3, 0.4) is 0 Å². The molecule has 0 bridgehead atoms. The van der Waals surface area contributed by atoms with Gasteiger partial charge in [-0.05, 0) is 24.3 Å². The Balaban J connectivity index is 1.61. The number of primary amides is 1. The Bertz CT molecular complexity index is 1300. The summed E-state index contributed by atoms with van der Waals surface area (Å²) >= 11 is 11.9. The number of hydrogen-bond acceptors (Lipinski definition) is 5. The molecule has 3 amide bonds. The fraction of sp³-hybridized carbons (Fsp3) is 0.150. The van der Waals surface area contributed by atoms with Crippen molar-refractivity contribution in [2.45, 2.75) is 13.1 Å². The number of benzene rings is 1. The van der Waals surface area contributed by atoms with E-state index in [1.807, 2.05) is 0 Å². The summed E-state index contributed by atoms with van der Waals surface area (Å²) in [5.41, 5.74) is 7.03. The number of nitrogens with one attached hydrogen (secondary N) is 1. The maximum absolute atomic E-state index is 13.8. The lowest BCUT2D eigenvalue weighted by Crippen LogP contribution is -2.41. The van der Waals surface area contributed by atoms with Crippen molar-refractivity contribution in [3.63, 3.8) is 0 Å². The van der Waals surface area contributed by atoms with E-state index >= 15 is 0 Å². The lowest BCUT2D eigenvalue weighted by atomic mass is 10.1. The van der Waals surface area contributed by atoms with Crippen molar-refractivity contribution in [2.75, 3.05) is 11.9 Å². The molecule has 12 heteroatoms. The normalized spacial score (nSPS) is 12.8. The van der Waals surface area contributed by atoms with E-state index in [9.17, 15) is 14.0 Å². The quantitative estimate of drug-likeness (QED) is 0.562. The van der Waals surface area contributed by atoms with Gasteiger partial charge in [-0.1, -0.05) is 23.2 Å². The van der Waals surface area contributed by atoms with Gasteiger partial charge in [0.15, 0.2) is 0 Å². The molecule has 0 spiro atoms. The molecule has 32 heavy (non-hydrogen) atoms. The van der Waals surface area contributed by atoms with Crippen LogP contribution in [0.25, 0.3) is 11.3 Å². The standard InChI is InChI=1S/C20H14Cl2FN7O2/c21-13-5-11(8-26-18(13)22)17-16(19(25)31)15-9-29(3-4-30(15)28-17)20(32)27-12-2-1-10(7-24)14(23)6-12/h1-2,5-6,8H,3-4,9H2,(H2,25,31)(H,27,32). The summed E-state index contributed by atoms with van der Waals surface area (Å²) in [6.07, 6.45) is 1.43. The van der Waals surface area contributed by atoms with Gasteiger partial charge in [0.05, 0.1) is 34.9 Å². The number of rotatable bonds is 3. The molecule has 9 nitrogen and oxygen atoms in total. The predicted octanol–water partition coefficient (Wildman–Crippen LogP) is 3.41. The zero-order valence-corrected chi connectivity index (χ0v) is 17.8. The SMILES string of the molecule is N#Cc1ccc(NC(=O)N2CCn3nc(-c4cnc(Cl)c(Cl)c4)c(C(N)=O)c3C2)cc1F. The summed E-state index contributed by atoms with van der Waals surface area (Å²) < 4.78 is 15.4. The van der Waals surface area contributed by atoms with Gasteiger partial charge in [-0.25, -0.2) is 14.2 Å². The molecule has 1 aliphatic heterocycles. The van der Waals surface area contributed by atoms with Crippen LogP contribution >= 0.6 is 23.2 Å². The number of halogens is 3. The van der Waals surface area contributed by atoms with E-state index in [1.165, 1.54) is 29.3 Å². The van der Waals surface area contributed by atoms with Gasteiger partial charge in [0, 0.05) is 24.0 Å². The monoisotopic (exact) mass is 473 g/mol. The minimum absolute atomic E-state index is 0.0462. The average molecular weight is 474 g/mol. The highest BCUT2D eigenvalue weighted by Crippen LogP contribution is 2.31. The van der Waals surface area contributed by atoms with Crippen LogP contribution in [-0.4, -0.2) is 38.1 Å². The summed E-state index contributed by atoms with van der Waals surface area (Å²) in [7, 11) is 0. The number of carbonyl (C=O) groups excluding carboxylic acids is 2. The zero-order chi connectivity index (χ0) is 23.0. The molecule has 1 aromatic carbocycles. The van der Waals surface area contributed by atoms with Crippen molar-refractivity contribution in [2.24, 2.45) is 5.73 Å². The maximum Gasteiger partial charge on any atom is 0.322 e. The molecule has 0 saturated carbocycles. The number of nitrogens with two attached hydrogens (primary N) is 1. The molecule has 0 saturated heterocycles. The van der Waals surface area contributed by atoms with Crippen molar-refractivity contribution in [1.29, 1.82) is 5.26 Å². The third-order valence-electron chi connectivity index (χ3n) is 4.92. The van der Waals surface area contributed by atoms with E-state index in [-0.39, 0.29) is 45.8 Å². The Morgan fingerprint density at radius 2 is 2.03 bits per heavy atom. The minimum Gasteiger partial charge on any atom is -0.365 e. The summed E-state index contributed by atoms with van der Waals surface area (Å²) in [5, 5.41) is 16.2. The van der Waals surface area contributed by atoms with E-state index in [4.69, 9.17) is 34.2 Å². The average Bonchev–Trinajstić information content (AvgIpc) is 3.14. The largest absolute Gasteiger partial charge is 0.365 e. The molecule has 0 fully saturated rings. The topological polar surface area (TPSA) is 130 Å². The van der Waals surface area contributed by atoms with Crippen LogP contribution in [0.5, 0.6) is 0 Å². The lowest BCUT2D eigenvalue weighted by Gasteiger charge is -2.28. The van der Waals surface area contributed by atoms with Crippen LogP contribution in [0, 0.1) is 17.1 Å². The fourth-order valence-electron chi connectivity index (χ4n) is 3.39. The Morgan fingerprint density at radius 1 is 1.25 bits per heavy atom. The summed E-state index contributed by atoms with van der Waals surface area (Å²) in [6.45, 7) is 0.640. The van der Waals surface area contributed by atoms with E-state index in [2.05, 4.69) is 15.4 Å². The first kappa shape index (κ1) is 21.5. The van der Waals surface area contributed by atoms with Crippen LogP contribution in [0.4, 0.5) is 14.9 Å². The molecule has 4 rings (SSSR count). The number of nitriles is 1. The molecule has 0 atom stereocenters. The second-order valence-corrected chi connectivity index (χ2v) is 7.68. The van der Waals surface area contributed by atoms with Gasteiger partial charge in [-0.3, -0.25) is 9.48 Å². The first-order valence-corrected chi connectivity index (χ1v) is 10.0. The molecule has 3 N–H and O–H groups in total. The molecule has 0 unspecified atom stereocenters. The van der Waals surface area contributed by atoms with Gasteiger partial charge < -0.3 is 16.0 Å². The van der Waals surface area contributed by atoms with E-state index in [1.54, 1.807) is 10.8 Å². The number of amides is 3. The predicted molar refractivity (Wildman–Crippen MR) is 115 cm³/mol. The van der Waals surface area contributed by atoms with Gasteiger partial charge in [-0.15, -0.1) is 0 Å². The van der Waals surface area contributed by atoms with E-state index < -0.39 is 17.8 Å². The third kappa shape index (κ3) is 3.95. The fourth-order valence-corrected chi connectivity index (χ4v) is 3.66. The number of carbonyl (C=O) groups is 2. The Kier molecular flexibility index (Phi) is 5.69. The maximum atomic E-state index is 13.8. The lowest BCUT2D eigenvalue weighted by molar-refractivity contribution is 0.0997. The van der Waals surface area contributed by atoms with Crippen LogP contribution < -0.4 is 11.1 Å². The number of urea groups is 1. The Labute approximate surface area is 191 Å². The molecular formula is C20H14Cl2FN7O2. The minimum atomic E-state index is -0.738. The number of nitrogens with zero attached hydrogens (tertiary/aromatic N) is 5. The Hall–Kier alpha value is -3.68. The molecule has 1 aliphatic rings. The number of fused-ring (bicyclic) bond motifs is 1. The summed E-state index contributed by atoms with van der Waals surface area (Å²) in [6, 6.07) is 6.51. The molecule has 2 aromatic heterocycles. The van der Waals surface area contributed by atoms with Gasteiger partial charge in [-0.2, -0.15) is 10.4 Å². The van der Waals surface area contributed by atoms with Crippen molar-refractivity contribution in [1.82, 2.24) is 19.7 Å². The number of hydrogen-bond donors (Lipinski definition) is 2. The van der Waals surface area contributed by atoms with Crippen LogP contribution in [0.2, 0.25) is 10.2 Å². The number of anilines is 1. The highest BCUT2D eigenvalue weighted by molar-refractivity contribution is 6.41. The van der Waals surface area contributed by atoms with Crippen LogP contribution in [0.1, 0.15) is 21.6 Å². The smallest absolute Gasteiger partial charge is 0.322 e. The van der Waals surface area contributed by atoms with E-state index in [0.29, 0.717) is 17.8 Å². The highest BCUT2D eigenvalue weighted by Gasteiger charge is 2.30. The second-order valence-electron chi connectivity index (χ2n) is 6.91. The number of aromatic nitrogens is 3. The van der Waals surface area contributed by atoms with Crippen LogP contribution in [-0.2, 0) is 13.1 Å². The van der Waals surface area contributed by atoms with Crippen LogP contribution in [0.15, 0.2) is 30.5 Å². The molecule has 162 valence electrons. The first-order chi connectivity index (χ1) is 15.3. The zero-order valence-electron chi connectivity index (χ0n) is 16.3. The van der Waals surface area contributed by atoms with E-state index in [0.717, 1.165) is 6.07 Å².